The fourth-order valence-corrected chi connectivity index (χ4v) is 1.94. The van der Waals surface area contributed by atoms with E-state index >= 15 is 0 Å². The molecule has 2 aromatic rings. The van der Waals surface area contributed by atoms with Gasteiger partial charge in [-0.1, -0.05) is 0 Å². The number of hydrogen-bond donors (Lipinski definition) is 2. The summed E-state index contributed by atoms with van der Waals surface area (Å²) in [6, 6.07) is 7.81. The van der Waals surface area contributed by atoms with Crippen molar-refractivity contribution < 1.29 is 4.74 Å². The smallest absolute Gasteiger partial charge is 0.0724 e. The number of nitrogens with zero attached hydrogens (tertiary/aromatic N) is 2. The number of anilines is 2. The first-order valence-corrected chi connectivity index (χ1v) is 6.78. The van der Waals surface area contributed by atoms with E-state index in [1.165, 1.54) is 0 Å². The second-order valence-corrected chi connectivity index (χ2v) is 4.94. The van der Waals surface area contributed by atoms with Crippen LogP contribution in [0.5, 0.6) is 0 Å². The molecule has 5 nitrogen and oxygen atoms in total. The lowest BCUT2D eigenvalue weighted by atomic mass is 10.1. The molecule has 3 N–H and O–H groups in total. The standard InChI is InChI=1S/C15H22N4O/c1-19(2)9-11-20-10-8-18-14-6-5-13-12(15(14)16)4-3-7-17-13/h3-7,18H,8-11,16H2,1-2H3. The molecule has 20 heavy (non-hydrogen) atoms. The second kappa shape index (κ2) is 7.07. The zero-order valence-corrected chi connectivity index (χ0v) is 12.1. The minimum atomic E-state index is 0.665. The van der Waals surface area contributed by atoms with E-state index in [2.05, 4.69) is 15.2 Å². The number of fused-ring (bicyclic) bond motifs is 1. The van der Waals surface area contributed by atoms with Crippen LogP contribution in [0, 0.1) is 0 Å². The predicted molar refractivity (Wildman–Crippen MR) is 84.0 cm³/mol. The van der Waals surface area contributed by atoms with E-state index in [0.717, 1.165) is 42.0 Å². The van der Waals surface area contributed by atoms with Gasteiger partial charge in [0.05, 0.1) is 30.1 Å². The highest BCUT2D eigenvalue weighted by Crippen LogP contribution is 2.26. The molecule has 0 amide bonds. The van der Waals surface area contributed by atoms with Crippen LogP contribution in [0.15, 0.2) is 30.5 Å². The maximum atomic E-state index is 6.15. The Morgan fingerprint density at radius 3 is 2.90 bits per heavy atom. The van der Waals surface area contributed by atoms with Crippen molar-refractivity contribution in [1.29, 1.82) is 0 Å². The molecular weight excluding hydrogens is 252 g/mol. The van der Waals surface area contributed by atoms with Crippen molar-refractivity contribution in [3.05, 3.63) is 30.5 Å². The molecule has 0 radical (unpaired) electrons. The highest BCUT2D eigenvalue weighted by molar-refractivity contribution is 5.96. The fraction of sp³-hybridized carbons (Fsp3) is 0.400. The Labute approximate surface area is 119 Å². The zero-order chi connectivity index (χ0) is 14.4. The summed E-state index contributed by atoms with van der Waals surface area (Å²) in [6.45, 7) is 3.08. The summed E-state index contributed by atoms with van der Waals surface area (Å²) >= 11 is 0. The van der Waals surface area contributed by atoms with Crippen LogP contribution in [0.1, 0.15) is 0 Å². The second-order valence-electron chi connectivity index (χ2n) is 4.94. The van der Waals surface area contributed by atoms with Crippen LogP contribution in [0.3, 0.4) is 0 Å². The lowest BCUT2D eigenvalue weighted by molar-refractivity contribution is 0.126. The third-order valence-corrected chi connectivity index (χ3v) is 3.07. The highest BCUT2D eigenvalue weighted by atomic mass is 16.5. The number of hydrogen-bond acceptors (Lipinski definition) is 5. The Hall–Kier alpha value is -1.85. The van der Waals surface area contributed by atoms with E-state index in [1.54, 1.807) is 6.20 Å². The van der Waals surface area contributed by atoms with Crippen molar-refractivity contribution in [3.63, 3.8) is 0 Å². The fourth-order valence-electron chi connectivity index (χ4n) is 1.94. The first-order valence-electron chi connectivity index (χ1n) is 6.78. The Morgan fingerprint density at radius 1 is 1.25 bits per heavy atom. The summed E-state index contributed by atoms with van der Waals surface area (Å²) in [6.07, 6.45) is 1.77. The van der Waals surface area contributed by atoms with Gasteiger partial charge >= 0.3 is 0 Å². The van der Waals surface area contributed by atoms with Gasteiger partial charge in [-0.3, -0.25) is 4.98 Å². The Kier molecular flexibility index (Phi) is 5.15. The maximum Gasteiger partial charge on any atom is 0.0724 e. The molecule has 1 aromatic heterocycles. The molecular formula is C15H22N4O. The number of aromatic nitrogens is 1. The van der Waals surface area contributed by atoms with Crippen molar-refractivity contribution in [2.45, 2.75) is 0 Å². The molecule has 0 aliphatic rings. The first-order chi connectivity index (χ1) is 9.68. The van der Waals surface area contributed by atoms with Gasteiger partial charge in [0, 0.05) is 24.7 Å². The molecule has 0 atom stereocenters. The van der Waals surface area contributed by atoms with Crippen LogP contribution in [-0.2, 0) is 4.74 Å². The average Bonchev–Trinajstić information content (AvgIpc) is 2.45. The molecule has 1 heterocycles. The van der Waals surface area contributed by atoms with Crippen molar-refractivity contribution >= 4 is 22.3 Å². The molecule has 0 unspecified atom stereocenters. The Bertz CT molecular complexity index is 557. The Morgan fingerprint density at radius 2 is 2.10 bits per heavy atom. The van der Waals surface area contributed by atoms with E-state index in [0.29, 0.717) is 6.61 Å². The summed E-state index contributed by atoms with van der Waals surface area (Å²) in [5.41, 5.74) is 8.74. The number of benzene rings is 1. The predicted octanol–water partition coefficient (Wildman–Crippen LogP) is 1.81. The minimum absolute atomic E-state index is 0.665. The number of nitrogens with one attached hydrogen (secondary N) is 1. The molecule has 2 rings (SSSR count). The molecule has 1 aromatic carbocycles. The Balaban J connectivity index is 1.86. The molecule has 0 fully saturated rings. The SMILES string of the molecule is CN(C)CCOCCNc1ccc2ncccc2c1N. The molecule has 108 valence electrons. The molecule has 5 heteroatoms. The van der Waals surface area contributed by atoms with Gasteiger partial charge in [-0.05, 0) is 38.4 Å². The quantitative estimate of drug-likeness (QED) is 0.595. The number of nitrogen functional groups attached to an aromatic ring is 1. The monoisotopic (exact) mass is 274 g/mol. The molecule has 0 saturated carbocycles. The number of ether oxygens (including phenoxy) is 1. The molecule has 0 aliphatic carbocycles. The van der Waals surface area contributed by atoms with Crippen LogP contribution in [-0.4, -0.2) is 50.3 Å². The lowest BCUT2D eigenvalue weighted by Crippen LogP contribution is -2.20. The molecule has 0 saturated heterocycles. The van der Waals surface area contributed by atoms with Crippen LogP contribution in [0.25, 0.3) is 10.9 Å². The number of likely N-dealkylation sites (N-methyl/N-ethyl adjacent to an activating group) is 1. The summed E-state index contributed by atoms with van der Waals surface area (Å²) in [7, 11) is 4.07. The van der Waals surface area contributed by atoms with Gasteiger partial charge in [0.1, 0.15) is 0 Å². The van der Waals surface area contributed by atoms with Crippen LogP contribution >= 0.6 is 0 Å². The normalized spacial score (nSPS) is 11.2. The topological polar surface area (TPSA) is 63.4 Å². The zero-order valence-electron chi connectivity index (χ0n) is 12.1. The van der Waals surface area contributed by atoms with Crippen LogP contribution in [0.2, 0.25) is 0 Å². The minimum Gasteiger partial charge on any atom is -0.397 e. The van der Waals surface area contributed by atoms with Gasteiger partial charge in [-0.2, -0.15) is 0 Å². The molecule has 0 aliphatic heterocycles. The van der Waals surface area contributed by atoms with Crippen LogP contribution < -0.4 is 11.1 Å². The average molecular weight is 274 g/mol. The van der Waals surface area contributed by atoms with Crippen molar-refractivity contribution in [2.24, 2.45) is 0 Å². The van der Waals surface area contributed by atoms with Crippen molar-refractivity contribution in [2.75, 3.05) is 51.4 Å². The van der Waals surface area contributed by atoms with Gasteiger partial charge in [-0.15, -0.1) is 0 Å². The number of nitrogens with two attached hydrogens (primary N) is 1. The summed E-state index contributed by atoms with van der Waals surface area (Å²) in [5, 5.41) is 4.28. The largest absolute Gasteiger partial charge is 0.397 e. The van der Waals surface area contributed by atoms with E-state index in [1.807, 2.05) is 38.4 Å². The lowest BCUT2D eigenvalue weighted by Gasteiger charge is -2.12. The van der Waals surface area contributed by atoms with E-state index in [4.69, 9.17) is 10.5 Å². The van der Waals surface area contributed by atoms with Gasteiger partial charge in [0.25, 0.3) is 0 Å². The van der Waals surface area contributed by atoms with E-state index in [-0.39, 0.29) is 0 Å². The van der Waals surface area contributed by atoms with Crippen molar-refractivity contribution in [1.82, 2.24) is 9.88 Å². The van der Waals surface area contributed by atoms with Gasteiger partial charge in [-0.25, -0.2) is 0 Å². The first kappa shape index (κ1) is 14.6. The highest BCUT2D eigenvalue weighted by Gasteiger charge is 2.04. The van der Waals surface area contributed by atoms with Gasteiger partial charge in [0.15, 0.2) is 0 Å². The molecule has 0 spiro atoms. The molecule has 0 bridgehead atoms. The maximum absolute atomic E-state index is 6.15. The third kappa shape index (κ3) is 3.82. The third-order valence-electron chi connectivity index (χ3n) is 3.07. The van der Waals surface area contributed by atoms with Gasteiger partial charge < -0.3 is 20.7 Å². The van der Waals surface area contributed by atoms with E-state index < -0.39 is 0 Å². The van der Waals surface area contributed by atoms with Crippen molar-refractivity contribution in [3.8, 4) is 0 Å². The van der Waals surface area contributed by atoms with Gasteiger partial charge in [0.2, 0.25) is 0 Å². The summed E-state index contributed by atoms with van der Waals surface area (Å²) in [5.74, 6) is 0. The number of rotatable bonds is 7. The summed E-state index contributed by atoms with van der Waals surface area (Å²) < 4.78 is 5.54. The summed E-state index contributed by atoms with van der Waals surface area (Å²) in [4.78, 5) is 6.38. The number of pyridine rings is 1. The van der Waals surface area contributed by atoms with E-state index in [9.17, 15) is 0 Å². The van der Waals surface area contributed by atoms with Crippen LogP contribution in [0.4, 0.5) is 11.4 Å².